The van der Waals surface area contributed by atoms with Crippen LogP contribution in [0.4, 0.5) is 0 Å². The summed E-state index contributed by atoms with van der Waals surface area (Å²) in [5, 5.41) is 19.3. The van der Waals surface area contributed by atoms with Crippen molar-refractivity contribution < 1.29 is 9.90 Å². The first kappa shape index (κ1) is 16.7. The number of aromatic nitrogens is 3. The predicted molar refractivity (Wildman–Crippen MR) is 94.8 cm³/mol. The summed E-state index contributed by atoms with van der Waals surface area (Å²) in [6.45, 7) is 1.57. The van der Waals surface area contributed by atoms with Gasteiger partial charge >= 0.3 is 0 Å². The summed E-state index contributed by atoms with van der Waals surface area (Å²) in [6, 6.07) is 17.3. The lowest BCUT2D eigenvalue weighted by atomic mass is 10.2. The Balaban J connectivity index is 2.11. The normalized spacial score (nSPS) is 12.1. The van der Waals surface area contributed by atoms with E-state index in [1.165, 1.54) is 0 Å². The van der Waals surface area contributed by atoms with E-state index in [0.717, 1.165) is 27.5 Å². The van der Waals surface area contributed by atoms with Crippen molar-refractivity contribution in [3.63, 3.8) is 0 Å². The van der Waals surface area contributed by atoms with Crippen LogP contribution >= 0.6 is 27.7 Å². The third kappa shape index (κ3) is 3.52. The van der Waals surface area contributed by atoms with Crippen molar-refractivity contribution in [3.8, 4) is 17.1 Å². The van der Waals surface area contributed by atoms with Gasteiger partial charge in [-0.05, 0) is 31.2 Å². The van der Waals surface area contributed by atoms with Gasteiger partial charge in [0.1, 0.15) is 0 Å². The maximum atomic E-state index is 11.1. The van der Waals surface area contributed by atoms with Gasteiger partial charge < -0.3 is 9.90 Å². The molecule has 1 heterocycles. The number of rotatable bonds is 5. The van der Waals surface area contributed by atoms with Crippen molar-refractivity contribution in [1.29, 1.82) is 0 Å². The Labute approximate surface area is 151 Å². The second-order valence-corrected chi connectivity index (χ2v) is 7.29. The summed E-state index contributed by atoms with van der Waals surface area (Å²) in [7, 11) is 0. The Hall–Kier alpha value is -2.12. The molecule has 24 heavy (non-hydrogen) atoms. The van der Waals surface area contributed by atoms with E-state index in [2.05, 4.69) is 26.1 Å². The number of halogens is 1. The Morgan fingerprint density at radius 1 is 1.12 bits per heavy atom. The molecule has 0 aliphatic rings. The number of carboxylic acid groups (broad SMARTS) is 1. The number of nitrogens with zero attached hydrogens (tertiary/aromatic N) is 3. The molecule has 0 aliphatic heterocycles. The number of carbonyl (C=O) groups is 1. The highest BCUT2D eigenvalue weighted by atomic mass is 79.9. The van der Waals surface area contributed by atoms with Gasteiger partial charge in [-0.15, -0.1) is 10.2 Å². The molecule has 0 spiro atoms. The van der Waals surface area contributed by atoms with Crippen LogP contribution in [0.2, 0.25) is 0 Å². The first-order chi connectivity index (χ1) is 11.6. The topological polar surface area (TPSA) is 70.8 Å². The molecule has 0 amide bonds. The van der Waals surface area contributed by atoms with Gasteiger partial charge in [0, 0.05) is 21.0 Å². The molecule has 0 unspecified atom stereocenters. The van der Waals surface area contributed by atoms with Crippen LogP contribution in [0.5, 0.6) is 0 Å². The van der Waals surface area contributed by atoms with Crippen molar-refractivity contribution >= 4 is 33.7 Å². The van der Waals surface area contributed by atoms with E-state index in [1.807, 2.05) is 59.2 Å². The maximum Gasteiger partial charge on any atom is 0.196 e. The Kier molecular flexibility index (Phi) is 5.01. The minimum absolute atomic E-state index is 0.510. The van der Waals surface area contributed by atoms with Crippen LogP contribution in [0.15, 0.2) is 64.2 Å². The number of hydrogen-bond donors (Lipinski definition) is 0. The van der Waals surface area contributed by atoms with Crippen molar-refractivity contribution in [2.75, 3.05) is 0 Å². The highest BCUT2D eigenvalue weighted by molar-refractivity contribution is 9.10. The highest BCUT2D eigenvalue weighted by Gasteiger charge is 2.18. The molecule has 122 valence electrons. The van der Waals surface area contributed by atoms with E-state index < -0.39 is 11.2 Å². The summed E-state index contributed by atoms with van der Waals surface area (Å²) < 4.78 is 2.82. The summed E-state index contributed by atoms with van der Waals surface area (Å²) in [5.74, 6) is -0.477. The van der Waals surface area contributed by atoms with Crippen LogP contribution < -0.4 is 5.11 Å². The first-order valence-corrected chi connectivity index (χ1v) is 8.88. The van der Waals surface area contributed by atoms with Crippen LogP contribution in [0.25, 0.3) is 17.1 Å². The summed E-state index contributed by atoms with van der Waals surface area (Å²) in [5.41, 5.74) is 1.76. The Morgan fingerprint density at radius 2 is 1.79 bits per heavy atom. The quantitative estimate of drug-likeness (QED) is 0.613. The minimum atomic E-state index is -1.13. The molecule has 1 aromatic heterocycles. The third-order valence-electron chi connectivity index (χ3n) is 3.36. The molecular weight excluding hydrogens is 390 g/mol. The van der Waals surface area contributed by atoms with E-state index in [4.69, 9.17) is 0 Å². The van der Waals surface area contributed by atoms with Crippen LogP contribution in [-0.2, 0) is 4.79 Å². The van der Waals surface area contributed by atoms with E-state index in [1.54, 1.807) is 6.92 Å². The molecule has 0 fully saturated rings. The zero-order valence-corrected chi connectivity index (χ0v) is 15.1. The summed E-state index contributed by atoms with van der Waals surface area (Å²) >= 11 is 4.53. The SMILES string of the molecule is C[C@H](Sc1nnc(-c2ccc(Br)cc2)n1-c1ccccc1)C(=O)[O-]. The smallest absolute Gasteiger partial charge is 0.196 e. The number of aliphatic carboxylic acids is 1. The molecule has 1 atom stereocenters. The Bertz CT molecular complexity index is 850. The molecule has 3 aromatic rings. The van der Waals surface area contributed by atoms with Crippen LogP contribution in [-0.4, -0.2) is 26.0 Å². The van der Waals surface area contributed by atoms with Crippen molar-refractivity contribution in [3.05, 3.63) is 59.1 Å². The molecule has 0 radical (unpaired) electrons. The molecule has 0 bridgehead atoms. The van der Waals surface area contributed by atoms with Gasteiger partial charge in [0.25, 0.3) is 0 Å². The molecule has 2 aromatic carbocycles. The average Bonchev–Trinajstić information content (AvgIpc) is 2.99. The van der Waals surface area contributed by atoms with Crippen LogP contribution in [0.3, 0.4) is 0 Å². The van der Waals surface area contributed by atoms with E-state index in [-0.39, 0.29) is 0 Å². The number of carbonyl (C=O) groups excluding carboxylic acids is 1. The van der Waals surface area contributed by atoms with Crippen LogP contribution in [0, 0.1) is 0 Å². The van der Waals surface area contributed by atoms with Gasteiger partial charge in [-0.1, -0.05) is 58.0 Å². The first-order valence-electron chi connectivity index (χ1n) is 7.20. The van der Waals surface area contributed by atoms with Gasteiger partial charge in [0.15, 0.2) is 11.0 Å². The zero-order valence-electron chi connectivity index (χ0n) is 12.7. The standard InChI is InChI=1S/C17H14BrN3O2S/c1-11(16(22)23)24-17-20-19-15(12-7-9-13(18)10-8-12)21(17)14-5-3-2-4-6-14/h2-11H,1H3,(H,22,23)/p-1/t11-/m0/s1. The van der Waals surface area contributed by atoms with E-state index >= 15 is 0 Å². The van der Waals surface area contributed by atoms with Crippen molar-refractivity contribution in [2.45, 2.75) is 17.3 Å². The monoisotopic (exact) mass is 402 g/mol. The lowest BCUT2D eigenvalue weighted by Crippen LogP contribution is -2.31. The fourth-order valence-corrected chi connectivity index (χ4v) is 3.21. The zero-order chi connectivity index (χ0) is 17.1. The van der Waals surface area contributed by atoms with Crippen molar-refractivity contribution in [2.24, 2.45) is 0 Å². The summed E-state index contributed by atoms with van der Waals surface area (Å²) in [6.07, 6.45) is 0. The fraction of sp³-hybridized carbons (Fsp3) is 0.118. The molecule has 0 aliphatic carbocycles. The molecule has 0 N–H and O–H groups in total. The lowest BCUT2D eigenvalue weighted by Gasteiger charge is -2.14. The fourth-order valence-electron chi connectivity index (χ4n) is 2.15. The Morgan fingerprint density at radius 3 is 2.42 bits per heavy atom. The number of thioether (sulfide) groups is 1. The number of carboxylic acids is 1. The number of hydrogen-bond acceptors (Lipinski definition) is 5. The minimum Gasteiger partial charge on any atom is -0.549 e. The summed E-state index contributed by atoms with van der Waals surface area (Å²) in [4.78, 5) is 11.1. The molecular formula is C17H13BrN3O2S-. The highest BCUT2D eigenvalue weighted by Crippen LogP contribution is 2.30. The predicted octanol–water partition coefficient (Wildman–Crippen LogP) is 2.93. The average molecular weight is 403 g/mol. The second kappa shape index (κ2) is 7.19. The molecule has 7 heteroatoms. The number of benzene rings is 2. The third-order valence-corrected chi connectivity index (χ3v) is 4.91. The maximum absolute atomic E-state index is 11.1. The van der Waals surface area contributed by atoms with Gasteiger partial charge in [0.2, 0.25) is 0 Å². The van der Waals surface area contributed by atoms with Crippen molar-refractivity contribution in [1.82, 2.24) is 14.8 Å². The van der Waals surface area contributed by atoms with Gasteiger partial charge in [-0.3, -0.25) is 4.57 Å². The molecule has 3 rings (SSSR count). The van der Waals surface area contributed by atoms with Gasteiger partial charge in [-0.2, -0.15) is 0 Å². The van der Waals surface area contributed by atoms with Crippen LogP contribution in [0.1, 0.15) is 6.92 Å². The van der Waals surface area contributed by atoms with E-state index in [9.17, 15) is 9.90 Å². The molecule has 0 saturated carbocycles. The van der Waals surface area contributed by atoms with Gasteiger partial charge in [0.05, 0.1) is 5.97 Å². The lowest BCUT2D eigenvalue weighted by molar-refractivity contribution is -0.304. The number of para-hydroxylation sites is 1. The molecule has 0 saturated heterocycles. The van der Waals surface area contributed by atoms with E-state index in [0.29, 0.717) is 11.0 Å². The molecule has 5 nitrogen and oxygen atoms in total. The largest absolute Gasteiger partial charge is 0.549 e. The van der Waals surface area contributed by atoms with Gasteiger partial charge in [-0.25, -0.2) is 0 Å². The second-order valence-electron chi connectivity index (χ2n) is 5.06.